The second-order valence-electron chi connectivity index (χ2n) is 3.63. The molecule has 0 N–H and O–H groups in total. The third-order valence-corrected chi connectivity index (χ3v) is 3.53. The van der Waals surface area contributed by atoms with E-state index in [1.165, 1.54) is 0 Å². The molecule has 20 heavy (non-hydrogen) atoms. The van der Waals surface area contributed by atoms with Gasteiger partial charge in [-0.25, -0.2) is 12.8 Å². The third-order valence-electron chi connectivity index (χ3n) is 2.19. The molecule has 0 aliphatic heterocycles. The van der Waals surface area contributed by atoms with E-state index in [2.05, 4.69) is 10.2 Å². The number of nitrogens with zero attached hydrogens (tertiary/aromatic N) is 2. The molecule has 0 fully saturated rings. The van der Waals surface area contributed by atoms with Crippen LogP contribution >= 0.6 is 10.7 Å². The molecule has 2 aromatic rings. The topological polar surface area (TPSA) is 82.3 Å². The lowest BCUT2D eigenvalue weighted by atomic mass is 10.3. The summed E-state index contributed by atoms with van der Waals surface area (Å²) in [5, 5.41) is 7.12. The predicted octanol–water partition coefficient (Wildman–Crippen LogP) is 2.16. The van der Waals surface area contributed by atoms with E-state index in [0.717, 1.165) is 12.1 Å². The first-order chi connectivity index (χ1) is 9.29. The van der Waals surface area contributed by atoms with Gasteiger partial charge in [0.05, 0.1) is 0 Å². The van der Waals surface area contributed by atoms with Gasteiger partial charge in [0, 0.05) is 17.6 Å². The second-order valence-corrected chi connectivity index (χ2v) is 6.17. The van der Waals surface area contributed by atoms with E-state index < -0.39 is 31.3 Å². The van der Waals surface area contributed by atoms with Crippen molar-refractivity contribution in [1.82, 2.24) is 10.2 Å². The maximum atomic E-state index is 13.6. The summed E-state index contributed by atoms with van der Waals surface area (Å²) in [6.45, 7) is 1.26. The Hall–Kier alpha value is -1.74. The lowest BCUT2D eigenvalue weighted by Crippen LogP contribution is -2.03. The van der Waals surface area contributed by atoms with Crippen LogP contribution in [-0.4, -0.2) is 18.6 Å². The van der Waals surface area contributed by atoms with Crippen molar-refractivity contribution in [3.05, 3.63) is 35.5 Å². The Balaban J connectivity index is 2.24. The van der Waals surface area contributed by atoms with Gasteiger partial charge in [-0.1, -0.05) is 0 Å². The van der Waals surface area contributed by atoms with E-state index in [1.54, 1.807) is 6.92 Å². The number of hydrogen-bond acceptors (Lipinski definition) is 6. The maximum Gasteiger partial charge on any atom is 0.264 e. The van der Waals surface area contributed by atoms with Crippen LogP contribution in [0, 0.1) is 18.6 Å². The molecule has 6 nitrogen and oxygen atoms in total. The van der Waals surface area contributed by atoms with Gasteiger partial charge < -0.3 is 9.15 Å². The predicted molar refractivity (Wildman–Crippen MR) is 62.8 cm³/mol. The van der Waals surface area contributed by atoms with Crippen LogP contribution in [0.15, 0.2) is 21.4 Å². The summed E-state index contributed by atoms with van der Waals surface area (Å²) < 4.78 is 59.0. The van der Waals surface area contributed by atoms with Crippen LogP contribution in [0.5, 0.6) is 5.75 Å². The number of halogens is 3. The summed E-state index contributed by atoms with van der Waals surface area (Å²) in [6.07, 6.45) is 0. The van der Waals surface area contributed by atoms with Crippen LogP contribution in [0.2, 0.25) is 0 Å². The fourth-order valence-electron chi connectivity index (χ4n) is 1.35. The highest BCUT2D eigenvalue weighted by Crippen LogP contribution is 2.27. The number of aryl methyl sites for hydroxylation is 1. The molecule has 0 saturated heterocycles. The fraction of sp³-hybridized carbons (Fsp3) is 0.200. The van der Waals surface area contributed by atoms with Gasteiger partial charge in [-0.05, 0) is 12.1 Å². The van der Waals surface area contributed by atoms with Crippen LogP contribution < -0.4 is 4.74 Å². The largest absolute Gasteiger partial charge is 0.481 e. The molecule has 0 saturated carbocycles. The highest BCUT2D eigenvalue weighted by Gasteiger charge is 2.22. The van der Waals surface area contributed by atoms with E-state index in [9.17, 15) is 17.2 Å². The van der Waals surface area contributed by atoms with Crippen molar-refractivity contribution in [2.75, 3.05) is 0 Å². The summed E-state index contributed by atoms with van der Waals surface area (Å²) in [6, 6.07) is 1.74. The van der Waals surface area contributed by atoms with Gasteiger partial charge in [0.1, 0.15) is 4.90 Å². The SMILES string of the molecule is Cc1nnc(COc2ccc(S(=O)(=O)Cl)c(F)c2F)o1. The molecule has 108 valence electrons. The molecule has 0 aliphatic carbocycles. The maximum absolute atomic E-state index is 13.6. The molecule has 0 spiro atoms. The molecular formula is C10H7ClF2N2O4S. The number of rotatable bonds is 4. The lowest BCUT2D eigenvalue weighted by molar-refractivity contribution is 0.245. The molecule has 0 amide bonds. The first kappa shape index (κ1) is 14.7. The molecule has 10 heteroatoms. The molecule has 2 rings (SSSR count). The summed E-state index contributed by atoms with van der Waals surface area (Å²) in [4.78, 5) is -0.961. The van der Waals surface area contributed by atoms with Gasteiger partial charge in [0.15, 0.2) is 18.2 Å². The molecule has 0 aliphatic rings. The van der Waals surface area contributed by atoms with Gasteiger partial charge in [-0.3, -0.25) is 0 Å². The van der Waals surface area contributed by atoms with Crippen molar-refractivity contribution >= 4 is 19.7 Å². The molecule has 0 atom stereocenters. The monoisotopic (exact) mass is 324 g/mol. The van der Waals surface area contributed by atoms with Gasteiger partial charge in [-0.15, -0.1) is 10.2 Å². The summed E-state index contributed by atoms with van der Waals surface area (Å²) in [7, 11) is 0.580. The molecule has 1 heterocycles. The zero-order valence-electron chi connectivity index (χ0n) is 9.93. The number of ether oxygens (including phenoxy) is 1. The zero-order valence-corrected chi connectivity index (χ0v) is 11.5. The Kier molecular flexibility index (Phi) is 3.91. The van der Waals surface area contributed by atoms with Gasteiger partial charge >= 0.3 is 0 Å². The van der Waals surface area contributed by atoms with Crippen LogP contribution in [-0.2, 0) is 15.7 Å². The zero-order chi connectivity index (χ0) is 14.9. The Labute approximate surface area is 116 Å². The van der Waals surface area contributed by atoms with Gasteiger partial charge in [-0.2, -0.15) is 4.39 Å². The van der Waals surface area contributed by atoms with Crippen molar-refractivity contribution in [1.29, 1.82) is 0 Å². The van der Waals surface area contributed by atoms with Crippen molar-refractivity contribution in [2.45, 2.75) is 18.4 Å². The molecule has 1 aromatic carbocycles. The standard InChI is InChI=1S/C10H7ClF2N2O4S/c1-5-14-15-8(19-5)4-18-6-2-3-7(20(11,16)17)10(13)9(6)12/h2-3H,4H2,1H3. The smallest absolute Gasteiger partial charge is 0.264 e. The van der Waals surface area contributed by atoms with Gasteiger partial charge in [0.2, 0.25) is 11.7 Å². The van der Waals surface area contributed by atoms with E-state index in [4.69, 9.17) is 19.8 Å². The Bertz CT molecular complexity index is 748. The average molecular weight is 325 g/mol. The molecular weight excluding hydrogens is 318 g/mol. The molecule has 0 radical (unpaired) electrons. The van der Waals surface area contributed by atoms with Gasteiger partial charge in [0.25, 0.3) is 14.9 Å². The van der Waals surface area contributed by atoms with Crippen molar-refractivity contribution in [2.24, 2.45) is 0 Å². The third kappa shape index (κ3) is 3.05. The normalized spacial score (nSPS) is 11.6. The Morgan fingerprint density at radius 2 is 2.00 bits per heavy atom. The highest BCUT2D eigenvalue weighted by atomic mass is 35.7. The number of benzene rings is 1. The Morgan fingerprint density at radius 1 is 1.30 bits per heavy atom. The number of hydrogen-bond donors (Lipinski definition) is 0. The minimum absolute atomic E-state index is 0.0661. The molecule has 0 bridgehead atoms. The fourth-order valence-corrected chi connectivity index (χ4v) is 2.24. The van der Waals surface area contributed by atoms with E-state index >= 15 is 0 Å². The highest BCUT2D eigenvalue weighted by molar-refractivity contribution is 8.13. The first-order valence-corrected chi connectivity index (χ1v) is 7.44. The van der Waals surface area contributed by atoms with Crippen molar-refractivity contribution < 1.29 is 26.4 Å². The van der Waals surface area contributed by atoms with E-state index in [0.29, 0.717) is 5.89 Å². The quantitative estimate of drug-likeness (QED) is 0.802. The van der Waals surface area contributed by atoms with Crippen LogP contribution in [0.25, 0.3) is 0 Å². The lowest BCUT2D eigenvalue weighted by Gasteiger charge is -2.07. The minimum atomic E-state index is -4.38. The van der Waals surface area contributed by atoms with Crippen LogP contribution in [0.1, 0.15) is 11.8 Å². The second kappa shape index (κ2) is 5.33. The van der Waals surface area contributed by atoms with E-state index in [1.807, 2.05) is 0 Å². The Morgan fingerprint density at radius 3 is 2.55 bits per heavy atom. The van der Waals surface area contributed by atoms with Crippen molar-refractivity contribution in [3.8, 4) is 5.75 Å². The van der Waals surface area contributed by atoms with E-state index in [-0.39, 0.29) is 12.5 Å². The average Bonchev–Trinajstić information content (AvgIpc) is 2.75. The minimum Gasteiger partial charge on any atom is -0.481 e. The summed E-state index contributed by atoms with van der Waals surface area (Å²) in [5.41, 5.74) is 0. The van der Waals surface area contributed by atoms with Crippen molar-refractivity contribution in [3.63, 3.8) is 0 Å². The molecule has 1 aromatic heterocycles. The first-order valence-electron chi connectivity index (χ1n) is 5.13. The summed E-state index contributed by atoms with van der Waals surface area (Å²) >= 11 is 0. The van der Waals surface area contributed by atoms with Crippen LogP contribution in [0.4, 0.5) is 8.78 Å². The molecule has 0 unspecified atom stereocenters. The summed E-state index contributed by atoms with van der Waals surface area (Å²) in [5.74, 6) is -3.22. The number of aromatic nitrogens is 2. The van der Waals surface area contributed by atoms with Crippen LogP contribution in [0.3, 0.4) is 0 Å².